The van der Waals surface area contributed by atoms with Crippen LogP contribution in [0, 0.1) is 11.7 Å². The second-order valence-corrected chi connectivity index (χ2v) is 9.10. The molecular weight excluding hydrogens is 377 g/mol. The molecule has 2 aromatic rings. The molecule has 0 N–H and O–H groups in total. The molecule has 1 heterocycles. The molecule has 0 aliphatic carbocycles. The Labute approximate surface area is 158 Å². The number of halogens is 2. The molecule has 0 amide bonds. The van der Waals surface area contributed by atoms with Crippen molar-refractivity contribution < 1.29 is 17.5 Å². The van der Waals surface area contributed by atoms with Crippen molar-refractivity contribution in [3.05, 3.63) is 58.9 Å². The van der Waals surface area contributed by atoms with Crippen LogP contribution in [0.15, 0.2) is 47.4 Å². The van der Waals surface area contributed by atoms with Crippen LogP contribution < -0.4 is 4.74 Å². The zero-order valence-electron chi connectivity index (χ0n) is 14.7. The minimum Gasteiger partial charge on any atom is -0.489 e. The average molecular weight is 398 g/mol. The predicted molar refractivity (Wildman–Crippen MR) is 99.3 cm³/mol. The number of benzene rings is 2. The molecule has 26 heavy (non-hydrogen) atoms. The maximum absolute atomic E-state index is 13.4. The van der Waals surface area contributed by atoms with Crippen molar-refractivity contribution in [1.82, 2.24) is 4.31 Å². The van der Waals surface area contributed by atoms with Gasteiger partial charge in [-0.05, 0) is 42.2 Å². The second kappa shape index (κ2) is 7.55. The summed E-state index contributed by atoms with van der Waals surface area (Å²) in [5.41, 5.74) is 0.717. The van der Waals surface area contributed by atoms with E-state index in [2.05, 4.69) is 0 Å². The van der Waals surface area contributed by atoms with Gasteiger partial charge in [0.15, 0.2) is 5.75 Å². The molecule has 0 spiro atoms. The van der Waals surface area contributed by atoms with Gasteiger partial charge >= 0.3 is 0 Å². The third kappa shape index (κ3) is 3.87. The lowest BCUT2D eigenvalue weighted by Crippen LogP contribution is -2.42. The number of ether oxygens (including phenoxy) is 1. The Hall–Kier alpha value is -1.63. The van der Waals surface area contributed by atoms with Crippen LogP contribution in [0.4, 0.5) is 4.39 Å². The van der Waals surface area contributed by atoms with Gasteiger partial charge in [0.25, 0.3) is 0 Å². The molecule has 2 aromatic carbocycles. The van der Waals surface area contributed by atoms with E-state index in [9.17, 15) is 12.8 Å². The second-order valence-electron chi connectivity index (χ2n) is 6.84. The van der Waals surface area contributed by atoms with Gasteiger partial charge in [-0.1, -0.05) is 43.6 Å². The maximum atomic E-state index is 13.4. The fourth-order valence-corrected chi connectivity index (χ4v) is 5.18. The van der Waals surface area contributed by atoms with Crippen molar-refractivity contribution in [2.24, 2.45) is 5.92 Å². The van der Waals surface area contributed by atoms with Crippen LogP contribution in [-0.4, -0.2) is 25.4 Å². The number of para-hydroxylation sites is 1. The Morgan fingerprint density at radius 1 is 1.23 bits per heavy atom. The van der Waals surface area contributed by atoms with Crippen molar-refractivity contribution >= 4 is 21.6 Å². The molecule has 4 nitrogen and oxygen atoms in total. The summed E-state index contributed by atoms with van der Waals surface area (Å²) in [6, 6.07) is 10.2. The highest BCUT2D eigenvalue weighted by atomic mass is 35.5. The summed E-state index contributed by atoms with van der Waals surface area (Å²) in [4.78, 5) is 0.0679. The first kappa shape index (κ1) is 19.1. The van der Waals surface area contributed by atoms with Gasteiger partial charge < -0.3 is 4.74 Å². The lowest BCUT2D eigenvalue weighted by molar-refractivity contribution is 0.187. The molecule has 0 saturated heterocycles. The Balaban J connectivity index is 2.06. The fraction of sp³-hybridized carbons (Fsp3) is 0.368. The molecular formula is C19H21ClFNO3S. The topological polar surface area (TPSA) is 46.6 Å². The van der Waals surface area contributed by atoms with E-state index in [4.69, 9.17) is 16.3 Å². The van der Waals surface area contributed by atoms with E-state index in [0.29, 0.717) is 12.0 Å². The summed E-state index contributed by atoms with van der Waals surface area (Å²) in [6.07, 6.45) is 0.645. The molecule has 0 radical (unpaired) electrons. The van der Waals surface area contributed by atoms with Gasteiger partial charge in [0, 0.05) is 6.54 Å². The van der Waals surface area contributed by atoms with E-state index in [1.807, 2.05) is 13.8 Å². The van der Waals surface area contributed by atoms with Gasteiger partial charge in [0.2, 0.25) is 10.0 Å². The Morgan fingerprint density at radius 2 is 1.92 bits per heavy atom. The largest absolute Gasteiger partial charge is 0.489 e. The van der Waals surface area contributed by atoms with Crippen molar-refractivity contribution in [3.63, 3.8) is 0 Å². The van der Waals surface area contributed by atoms with Crippen LogP contribution in [0.3, 0.4) is 0 Å². The van der Waals surface area contributed by atoms with Gasteiger partial charge in [0.05, 0.1) is 11.1 Å². The minimum absolute atomic E-state index is 0.0679. The third-order valence-corrected chi connectivity index (χ3v) is 6.56. The first-order valence-corrected chi connectivity index (χ1v) is 10.3. The Morgan fingerprint density at radius 3 is 2.58 bits per heavy atom. The van der Waals surface area contributed by atoms with Crippen LogP contribution in [0.5, 0.6) is 5.75 Å². The van der Waals surface area contributed by atoms with Crippen molar-refractivity contribution in [2.75, 3.05) is 6.61 Å². The monoisotopic (exact) mass is 397 g/mol. The zero-order valence-corrected chi connectivity index (χ0v) is 16.2. The van der Waals surface area contributed by atoms with Crippen LogP contribution in [0.2, 0.25) is 5.02 Å². The maximum Gasteiger partial charge on any atom is 0.247 e. The number of hydrogen-bond acceptors (Lipinski definition) is 3. The minimum atomic E-state index is -3.81. The molecule has 0 saturated carbocycles. The van der Waals surface area contributed by atoms with Crippen LogP contribution in [0.25, 0.3) is 0 Å². The molecule has 1 atom stereocenters. The number of nitrogens with zero attached hydrogens (tertiary/aromatic N) is 1. The summed E-state index contributed by atoms with van der Waals surface area (Å²) >= 11 is 6.17. The van der Waals surface area contributed by atoms with E-state index in [1.54, 1.807) is 24.3 Å². The first-order valence-electron chi connectivity index (χ1n) is 8.46. The van der Waals surface area contributed by atoms with E-state index in [0.717, 1.165) is 0 Å². The Kier molecular flexibility index (Phi) is 5.55. The van der Waals surface area contributed by atoms with Gasteiger partial charge in [-0.2, -0.15) is 4.31 Å². The van der Waals surface area contributed by atoms with E-state index in [1.165, 1.54) is 22.5 Å². The van der Waals surface area contributed by atoms with Gasteiger partial charge in [0.1, 0.15) is 17.3 Å². The molecule has 1 aliphatic rings. The van der Waals surface area contributed by atoms with Gasteiger partial charge in [-0.3, -0.25) is 0 Å². The summed E-state index contributed by atoms with van der Waals surface area (Å²) < 4.78 is 47.2. The number of sulfonamides is 1. The summed E-state index contributed by atoms with van der Waals surface area (Å²) in [5, 5.41) is 0.276. The molecule has 7 heteroatoms. The van der Waals surface area contributed by atoms with Crippen LogP contribution >= 0.6 is 11.6 Å². The lowest BCUT2D eigenvalue weighted by Gasteiger charge is -2.29. The quantitative estimate of drug-likeness (QED) is 0.764. The Bertz CT molecular complexity index is 884. The molecule has 0 aromatic heterocycles. The summed E-state index contributed by atoms with van der Waals surface area (Å²) in [7, 11) is -3.81. The number of fused-ring (bicyclic) bond motifs is 1. The highest BCUT2D eigenvalue weighted by Gasteiger charge is 2.38. The SMILES string of the molecule is CC(C)CC1COc2c(Cl)cccc2S(=O)(=O)N1Cc1ccc(F)cc1. The van der Waals surface area contributed by atoms with Crippen molar-refractivity contribution in [2.45, 2.75) is 37.8 Å². The lowest BCUT2D eigenvalue weighted by atomic mass is 10.0. The van der Waals surface area contributed by atoms with Gasteiger partial charge in [-0.25, -0.2) is 12.8 Å². The van der Waals surface area contributed by atoms with Gasteiger partial charge in [-0.15, -0.1) is 0 Å². The highest BCUT2D eigenvalue weighted by molar-refractivity contribution is 7.89. The van der Waals surface area contributed by atoms with Crippen LogP contribution in [-0.2, 0) is 16.6 Å². The zero-order chi connectivity index (χ0) is 18.9. The smallest absolute Gasteiger partial charge is 0.247 e. The normalized spacial score (nSPS) is 19.7. The molecule has 3 rings (SSSR count). The summed E-state index contributed by atoms with van der Waals surface area (Å²) in [5.74, 6) is 0.127. The molecule has 0 bridgehead atoms. The van der Waals surface area contributed by atoms with E-state index < -0.39 is 10.0 Å². The number of hydrogen-bond donors (Lipinski definition) is 0. The summed E-state index contributed by atoms with van der Waals surface area (Å²) in [6.45, 7) is 4.44. The number of rotatable bonds is 4. The molecule has 1 unspecified atom stereocenters. The first-order chi connectivity index (χ1) is 12.3. The van der Waals surface area contributed by atoms with E-state index >= 15 is 0 Å². The van der Waals surface area contributed by atoms with E-state index in [-0.39, 0.29) is 46.6 Å². The molecule has 140 valence electrons. The standard InChI is InChI=1S/C19H21ClFNO3S/c1-13(2)10-16-12-25-19-17(20)4-3-5-18(19)26(23,24)22(16)11-14-6-8-15(21)9-7-14/h3-9,13,16H,10-12H2,1-2H3. The highest BCUT2D eigenvalue weighted by Crippen LogP contribution is 2.38. The van der Waals surface area contributed by atoms with Crippen molar-refractivity contribution in [3.8, 4) is 5.75 Å². The fourth-order valence-electron chi connectivity index (χ4n) is 3.13. The van der Waals surface area contributed by atoms with Crippen molar-refractivity contribution in [1.29, 1.82) is 0 Å². The average Bonchev–Trinajstić information content (AvgIpc) is 2.67. The van der Waals surface area contributed by atoms with Crippen LogP contribution in [0.1, 0.15) is 25.8 Å². The predicted octanol–water partition coefficient (Wildman–Crippen LogP) is 4.48. The molecule has 1 aliphatic heterocycles. The molecule has 0 fully saturated rings. The third-order valence-electron chi connectivity index (χ3n) is 4.34.